The molecular formula is C24H22N2O6. The first-order chi connectivity index (χ1) is 15.5. The van der Waals surface area contributed by atoms with Crippen LogP contribution in [-0.4, -0.2) is 42.1 Å². The molecule has 2 amide bonds. The predicted molar refractivity (Wildman–Crippen MR) is 117 cm³/mol. The highest BCUT2D eigenvalue weighted by atomic mass is 16.5. The molecule has 0 bridgehead atoms. The van der Waals surface area contributed by atoms with Crippen LogP contribution in [0, 0.1) is 0 Å². The summed E-state index contributed by atoms with van der Waals surface area (Å²) in [6, 6.07) is 22.9. The average Bonchev–Trinajstić information content (AvgIpc) is 2.83. The SMILES string of the molecule is O=C(COC(=O)C(CO)NC(=O)c1ccccc1)Nc1ccc(Oc2ccccc2)cc1. The quantitative estimate of drug-likeness (QED) is 0.446. The van der Waals surface area contributed by atoms with Crippen LogP contribution in [0.2, 0.25) is 0 Å². The number of ether oxygens (including phenoxy) is 2. The molecular weight excluding hydrogens is 412 g/mol. The van der Waals surface area contributed by atoms with Crippen LogP contribution in [0.4, 0.5) is 5.69 Å². The molecule has 3 N–H and O–H groups in total. The van der Waals surface area contributed by atoms with Crippen molar-refractivity contribution in [1.29, 1.82) is 0 Å². The molecule has 3 aromatic rings. The first kappa shape index (κ1) is 22.5. The second-order valence-electron chi connectivity index (χ2n) is 6.67. The summed E-state index contributed by atoms with van der Waals surface area (Å²) >= 11 is 0. The number of hydrogen-bond acceptors (Lipinski definition) is 6. The van der Waals surface area contributed by atoms with Crippen molar-refractivity contribution in [2.45, 2.75) is 6.04 Å². The maximum atomic E-state index is 12.1. The van der Waals surface area contributed by atoms with Gasteiger partial charge in [-0.05, 0) is 48.5 Å². The number of benzene rings is 3. The van der Waals surface area contributed by atoms with E-state index in [-0.39, 0.29) is 0 Å². The Morgan fingerprint density at radius 3 is 2.03 bits per heavy atom. The van der Waals surface area contributed by atoms with Gasteiger partial charge in [-0.15, -0.1) is 0 Å². The van der Waals surface area contributed by atoms with Crippen LogP contribution in [0.5, 0.6) is 11.5 Å². The maximum Gasteiger partial charge on any atom is 0.331 e. The number of para-hydroxylation sites is 1. The summed E-state index contributed by atoms with van der Waals surface area (Å²) in [7, 11) is 0. The van der Waals surface area contributed by atoms with Crippen molar-refractivity contribution in [2.75, 3.05) is 18.5 Å². The van der Waals surface area contributed by atoms with E-state index >= 15 is 0 Å². The highest BCUT2D eigenvalue weighted by molar-refractivity contribution is 5.97. The lowest BCUT2D eigenvalue weighted by molar-refractivity contribution is -0.150. The van der Waals surface area contributed by atoms with Gasteiger partial charge in [0.1, 0.15) is 11.5 Å². The van der Waals surface area contributed by atoms with Crippen molar-refractivity contribution in [2.24, 2.45) is 0 Å². The van der Waals surface area contributed by atoms with Gasteiger partial charge >= 0.3 is 5.97 Å². The molecule has 8 heteroatoms. The summed E-state index contributed by atoms with van der Waals surface area (Å²) in [6.07, 6.45) is 0. The molecule has 0 aliphatic carbocycles. The van der Waals surface area contributed by atoms with E-state index in [9.17, 15) is 19.5 Å². The molecule has 32 heavy (non-hydrogen) atoms. The first-order valence-electron chi connectivity index (χ1n) is 9.81. The van der Waals surface area contributed by atoms with Crippen molar-refractivity contribution in [1.82, 2.24) is 5.32 Å². The Kier molecular flexibility index (Phi) is 7.94. The van der Waals surface area contributed by atoms with Crippen LogP contribution in [-0.2, 0) is 14.3 Å². The Hall–Kier alpha value is -4.17. The van der Waals surface area contributed by atoms with Crippen LogP contribution in [0.1, 0.15) is 10.4 Å². The van der Waals surface area contributed by atoms with E-state index in [0.717, 1.165) is 0 Å². The molecule has 0 heterocycles. The Bertz CT molecular complexity index is 1040. The fourth-order valence-electron chi connectivity index (χ4n) is 2.68. The fraction of sp³-hybridized carbons (Fsp3) is 0.125. The zero-order valence-electron chi connectivity index (χ0n) is 17.1. The van der Waals surface area contributed by atoms with Gasteiger partial charge in [0.2, 0.25) is 0 Å². The van der Waals surface area contributed by atoms with Crippen LogP contribution < -0.4 is 15.4 Å². The van der Waals surface area contributed by atoms with Gasteiger partial charge in [0, 0.05) is 11.3 Å². The Balaban J connectivity index is 1.46. The minimum Gasteiger partial charge on any atom is -0.457 e. The highest BCUT2D eigenvalue weighted by Gasteiger charge is 2.23. The molecule has 0 saturated carbocycles. The molecule has 3 rings (SSSR count). The van der Waals surface area contributed by atoms with E-state index in [1.807, 2.05) is 30.3 Å². The zero-order valence-corrected chi connectivity index (χ0v) is 17.1. The topological polar surface area (TPSA) is 114 Å². The molecule has 0 fully saturated rings. The maximum absolute atomic E-state index is 12.1. The summed E-state index contributed by atoms with van der Waals surface area (Å²) in [5.74, 6) is -0.738. The van der Waals surface area contributed by atoms with Gasteiger partial charge in [-0.3, -0.25) is 9.59 Å². The van der Waals surface area contributed by atoms with Gasteiger partial charge in [-0.2, -0.15) is 0 Å². The molecule has 1 unspecified atom stereocenters. The number of carbonyl (C=O) groups excluding carboxylic acids is 3. The molecule has 0 aliphatic rings. The van der Waals surface area contributed by atoms with E-state index < -0.39 is 37.0 Å². The summed E-state index contributed by atoms with van der Waals surface area (Å²) in [5.41, 5.74) is 0.818. The van der Waals surface area contributed by atoms with E-state index in [0.29, 0.717) is 22.7 Å². The van der Waals surface area contributed by atoms with Gasteiger partial charge in [0.15, 0.2) is 12.6 Å². The van der Waals surface area contributed by atoms with Crippen LogP contribution in [0.3, 0.4) is 0 Å². The highest BCUT2D eigenvalue weighted by Crippen LogP contribution is 2.22. The van der Waals surface area contributed by atoms with Crippen molar-refractivity contribution in [3.05, 3.63) is 90.5 Å². The standard InChI is InChI=1S/C24H22N2O6/c27-15-21(26-23(29)17-7-3-1-4-8-17)24(30)31-16-22(28)25-18-11-13-20(14-12-18)32-19-9-5-2-6-10-19/h1-14,21,27H,15-16H2,(H,25,28)(H,26,29). The number of nitrogens with one attached hydrogen (secondary N) is 2. The minimum absolute atomic E-state index is 0.330. The van der Waals surface area contributed by atoms with Gasteiger partial charge in [-0.25, -0.2) is 4.79 Å². The van der Waals surface area contributed by atoms with Crippen molar-refractivity contribution in [3.63, 3.8) is 0 Å². The molecule has 1 atom stereocenters. The normalized spacial score (nSPS) is 11.2. The average molecular weight is 434 g/mol. The van der Waals surface area contributed by atoms with E-state index in [2.05, 4.69) is 10.6 Å². The number of amides is 2. The van der Waals surface area contributed by atoms with Crippen LogP contribution in [0.25, 0.3) is 0 Å². The third-order valence-corrected chi connectivity index (χ3v) is 4.27. The molecule has 0 aromatic heterocycles. The van der Waals surface area contributed by atoms with Crippen LogP contribution >= 0.6 is 0 Å². The number of rotatable bonds is 9. The Labute approximate surface area is 184 Å². The number of anilines is 1. The van der Waals surface area contributed by atoms with Crippen molar-refractivity contribution < 1.29 is 29.0 Å². The minimum atomic E-state index is -1.29. The van der Waals surface area contributed by atoms with Crippen molar-refractivity contribution >= 4 is 23.5 Å². The summed E-state index contributed by atoms with van der Waals surface area (Å²) in [6.45, 7) is -1.24. The lowest BCUT2D eigenvalue weighted by Gasteiger charge is -2.15. The monoisotopic (exact) mass is 434 g/mol. The van der Waals surface area contributed by atoms with E-state index in [4.69, 9.17) is 9.47 Å². The molecule has 0 aliphatic heterocycles. The predicted octanol–water partition coefficient (Wildman–Crippen LogP) is 2.75. The van der Waals surface area contributed by atoms with Gasteiger partial charge in [0.05, 0.1) is 6.61 Å². The largest absolute Gasteiger partial charge is 0.457 e. The molecule has 164 valence electrons. The van der Waals surface area contributed by atoms with Crippen molar-refractivity contribution in [3.8, 4) is 11.5 Å². The smallest absolute Gasteiger partial charge is 0.331 e. The summed E-state index contributed by atoms with van der Waals surface area (Å²) < 4.78 is 10.6. The lowest BCUT2D eigenvalue weighted by Crippen LogP contribution is -2.45. The second-order valence-corrected chi connectivity index (χ2v) is 6.67. The third kappa shape index (κ3) is 6.68. The molecule has 0 radical (unpaired) electrons. The summed E-state index contributed by atoms with van der Waals surface area (Å²) in [5, 5.41) is 14.4. The van der Waals surface area contributed by atoms with E-state index in [1.165, 1.54) is 0 Å². The van der Waals surface area contributed by atoms with Gasteiger partial charge in [0.25, 0.3) is 11.8 Å². The first-order valence-corrected chi connectivity index (χ1v) is 9.81. The van der Waals surface area contributed by atoms with E-state index in [1.54, 1.807) is 54.6 Å². The van der Waals surface area contributed by atoms with Gasteiger partial charge in [-0.1, -0.05) is 36.4 Å². The zero-order chi connectivity index (χ0) is 22.8. The molecule has 8 nitrogen and oxygen atoms in total. The Morgan fingerprint density at radius 1 is 0.812 bits per heavy atom. The fourth-order valence-corrected chi connectivity index (χ4v) is 2.68. The Morgan fingerprint density at radius 2 is 1.41 bits per heavy atom. The molecule has 0 spiro atoms. The summed E-state index contributed by atoms with van der Waals surface area (Å²) in [4.78, 5) is 36.3. The molecule has 0 saturated heterocycles. The number of aliphatic hydroxyl groups excluding tert-OH is 1. The molecule has 3 aromatic carbocycles. The number of hydrogen-bond donors (Lipinski definition) is 3. The number of aliphatic hydroxyl groups is 1. The second kappa shape index (κ2) is 11.3. The third-order valence-electron chi connectivity index (χ3n) is 4.27. The lowest BCUT2D eigenvalue weighted by atomic mass is 10.2. The number of esters is 1. The van der Waals surface area contributed by atoms with Crippen LogP contribution in [0.15, 0.2) is 84.9 Å². The van der Waals surface area contributed by atoms with Gasteiger partial charge < -0.3 is 25.2 Å². The number of carbonyl (C=O) groups is 3.